The summed E-state index contributed by atoms with van der Waals surface area (Å²) in [4.78, 5) is 46.4. The number of hydrogen-bond acceptors (Lipinski definition) is 12. The summed E-state index contributed by atoms with van der Waals surface area (Å²) < 4.78 is 12.2. The lowest BCUT2D eigenvalue weighted by atomic mass is 10.2. The van der Waals surface area contributed by atoms with E-state index in [1.807, 2.05) is 39.8 Å². The average Bonchev–Trinajstić information content (AvgIpc) is 3.28. The zero-order chi connectivity index (χ0) is 30.7. The molecule has 5 heterocycles. The zero-order valence-electron chi connectivity index (χ0n) is 25.2. The minimum absolute atomic E-state index is 0.281. The van der Waals surface area contributed by atoms with Gasteiger partial charge in [-0.3, -0.25) is 4.98 Å². The summed E-state index contributed by atoms with van der Waals surface area (Å²) in [6, 6.07) is 5.53. The molecular weight excluding hydrogens is 552 g/mol. The van der Waals surface area contributed by atoms with Crippen molar-refractivity contribution in [3.8, 4) is 0 Å². The Kier molecular flexibility index (Phi) is 8.28. The van der Waals surface area contributed by atoms with Gasteiger partial charge in [-0.25, -0.2) is 24.2 Å². The van der Waals surface area contributed by atoms with Crippen molar-refractivity contribution < 1.29 is 19.1 Å². The van der Waals surface area contributed by atoms with E-state index in [2.05, 4.69) is 40.6 Å². The third-order valence-electron chi connectivity index (χ3n) is 6.69. The fourth-order valence-corrected chi connectivity index (χ4v) is 4.52. The first-order chi connectivity index (χ1) is 20.5. The van der Waals surface area contributed by atoms with Gasteiger partial charge in [0.1, 0.15) is 11.4 Å². The SMILES string of the molecule is CCOC(=O)c1cnc(C)c(Nc2nn(C)c3nc(Nc4ccc(N5CCN(C(=O)OC(C)(C)C)CC5)nc4)ncc23)c1. The number of nitrogens with zero attached hydrogens (tertiary/aromatic N) is 8. The molecule has 0 saturated carbocycles. The largest absolute Gasteiger partial charge is 0.462 e. The van der Waals surface area contributed by atoms with Crippen LogP contribution in [-0.4, -0.2) is 85.1 Å². The molecule has 0 radical (unpaired) electrons. The highest BCUT2D eigenvalue weighted by Crippen LogP contribution is 2.27. The average molecular weight is 589 g/mol. The molecule has 14 nitrogen and oxygen atoms in total. The van der Waals surface area contributed by atoms with Gasteiger partial charge in [0.25, 0.3) is 0 Å². The van der Waals surface area contributed by atoms with Crippen LogP contribution in [0.25, 0.3) is 11.0 Å². The van der Waals surface area contributed by atoms with Gasteiger partial charge in [-0.15, -0.1) is 0 Å². The van der Waals surface area contributed by atoms with E-state index < -0.39 is 11.6 Å². The molecular formula is C29H36N10O4. The fourth-order valence-electron chi connectivity index (χ4n) is 4.52. The van der Waals surface area contributed by atoms with Crippen LogP contribution in [0.4, 0.5) is 33.8 Å². The first kappa shape index (κ1) is 29.5. The Morgan fingerprint density at radius 3 is 2.44 bits per heavy atom. The lowest BCUT2D eigenvalue weighted by molar-refractivity contribution is 0.0240. The van der Waals surface area contributed by atoms with E-state index in [0.29, 0.717) is 65.9 Å². The normalized spacial score (nSPS) is 13.6. The van der Waals surface area contributed by atoms with Gasteiger partial charge in [-0.1, -0.05) is 0 Å². The van der Waals surface area contributed by atoms with Crippen molar-refractivity contribution >= 4 is 52.1 Å². The van der Waals surface area contributed by atoms with Crippen LogP contribution in [-0.2, 0) is 16.5 Å². The maximum atomic E-state index is 12.4. The van der Waals surface area contributed by atoms with Gasteiger partial charge in [-0.05, 0) is 52.8 Å². The Bertz CT molecular complexity index is 1620. The number of aromatic nitrogens is 6. The molecule has 0 unspecified atom stereocenters. The summed E-state index contributed by atoms with van der Waals surface area (Å²) in [7, 11) is 1.79. The molecule has 0 aliphatic carbocycles. The van der Waals surface area contributed by atoms with E-state index in [1.54, 1.807) is 42.0 Å². The maximum absolute atomic E-state index is 12.4. The number of aryl methyl sites for hydroxylation is 2. The van der Waals surface area contributed by atoms with Crippen LogP contribution in [0.2, 0.25) is 0 Å². The first-order valence-electron chi connectivity index (χ1n) is 14.1. The third kappa shape index (κ3) is 6.90. The number of hydrogen-bond donors (Lipinski definition) is 2. The highest BCUT2D eigenvalue weighted by molar-refractivity contribution is 5.92. The maximum Gasteiger partial charge on any atom is 0.410 e. The van der Waals surface area contributed by atoms with Gasteiger partial charge in [0, 0.05) is 45.6 Å². The molecule has 1 aliphatic rings. The molecule has 43 heavy (non-hydrogen) atoms. The summed E-state index contributed by atoms with van der Waals surface area (Å²) >= 11 is 0. The van der Waals surface area contributed by atoms with Crippen LogP contribution in [0.5, 0.6) is 0 Å². The van der Waals surface area contributed by atoms with Crippen molar-refractivity contribution in [3.05, 3.63) is 48.0 Å². The number of carbonyl (C=O) groups excluding carboxylic acids is 2. The minimum atomic E-state index is -0.515. The molecule has 0 aromatic carbocycles. The summed E-state index contributed by atoms with van der Waals surface area (Å²) in [6.07, 6.45) is 4.61. The second kappa shape index (κ2) is 12.1. The minimum Gasteiger partial charge on any atom is -0.462 e. The number of fused-ring (bicyclic) bond motifs is 1. The number of nitrogens with one attached hydrogen (secondary N) is 2. The van der Waals surface area contributed by atoms with E-state index in [0.717, 1.165) is 11.5 Å². The van der Waals surface area contributed by atoms with E-state index in [4.69, 9.17) is 9.47 Å². The molecule has 5 rings (SSSR count). The van der Waals surface area contributed by atoms with Gasteiger partial charge in [0.05, 0.1) is 40.8 Å². The van der Waals surface area contributed by atoms with Crippen LogP contribution in [0.3, 0.4) is 0 Å². The quantitative estimate of drug-likeness (QED) is 0.298. The molecule has 0 spiro atoms. The number of rotatable bonds is 7. The van der Waals surface area contributed by atoms with E-state index in [1.165, 1.54) is 6.20 Å². The molecule has 0 bridgehead atoms. The molecule has 0 atom stereocenters. The van der Waals surface area contributed by atoms with Crippen LogP contribution >= 0.6 is 0 Å². The topological polar surface area (TPSA) is 153 Å². The van der Waals surface area contributed by atoms with Crippen LogP contribution < -0.4 is 15.5 Å². The van der Waals surface area contributed by atoms with E-state index in [-0.39, 0.29) is 12.7 Å². The van der Waals surface area contributed by atoms with E-state index >= 15 is 0 Å². The van der Waals surface area contributed by atoms with Gasteiger partial charge in [0.2, 0.25) is 5.95 Å². The fraction of sp³-hybridized carbons (Fsp3) is 0.414. The number of amides is 1. The molecule has 1 fully saturated rings. The molecule has 226 valence electrons. The van der Waals surface area contributed by atoms with Gasteiger partial charge in [-0.2, -0.15) is 10.1 Å². The summed E-state index contributed by atoms with van der Waals surface area (Å²) in [6.45, 7) is 11.9. The lowest BCUT2D eigenvalue weighted by Crippen LogP contribution is -2.50. The summed E-state index contributed by atoms with van der Waals surface area (Å²) in [5.74, 6) is 1.31. The predicted octanol–water partition coefficient (Wildman–Crippen LogP) is 4.18. The van der Waals surface area contributed by atoms with Crippen molar-refractivity contribution in [1.29, 1.82) is 0 Å². The Labute approximate surface area is 249 Å². The second-order valence-electron chi connectivity index (χ2n) is 11.1. The van der Waals surface area contributed by atoms with Crippen LogP contribution in [0.1, 0.15) is 43.7 Å². The molecule has 1 amide bonds. The van der Waals surface area contributed by atoms with Gasteiger partial charge < -0.3 is 29.9 Å². The van der Waals surface area contributed by atoms with Crippen LogP contribution in [0.15, 0.2) is 36.8 Å². The molecule has 1 saturated heterocycles. The number of piperazine rings is 1. The predicted molar refractivity (Wildman–Crippen MR) is 162 cm³/mol. The van der Waals surface area contributed by atoms with Crippen molar-refractivity contribution in [3.63, 3.8) is 0 Å². The molecule has 4 aromatic rings. The molecule has 1 aliphatic heterocycles. The smallest absolute Gasteiger partial charge is 0.410 e. The van der Waals surface area contributed by atoms with Crippen molar-refractivity contribution in [2.24, 2.45) is 7.05 Å². The number of carbonyl (C=O) groups is 2. The summed E-state index contributed by atoms with van der Waals surface area (Å²) in [5, 5.41) is 11.7. The number of esters is 1. The standard InChI is InChI=1S/C29H36N10O4/c1-7-42-26(40)19-14-22(18(2)30-15-19)34-24-21-17-32-27(35-25(21)37(6)36-24)33-20-8-9-23(31-16-20)38-10-12-39(13-11-38)28(41)43-29(3,4)5/h8-9,14-17H,7,10-13H2,1-6H3,(H,34,36)(H,32,33,35). The number of pyridine rings is 2. The Morgan fingerprint density at radius 2 is 1.77 bits per heavy atom. The van der Waals surface area contributed by atoms with Gasteiger partial charge in [0.15, 0.2) is 11.5 Å². The first-order valence-corrected chi connectivity index (χ1v) is 14.1. The van der Waals surface area contributed by atoms with Crippen LogP contribution in [0, 0.1) is 6.92 Å². The molecule has 2 N–H and O–H groups in total. The third-order valence-corrected chi connectivity index (χ3v) is 6.69. The number of ether oxygens (including phenoxy) is 2. The number of anilines is 5. The zero-order valence-corrected chi connectivity index (χ0v) is 25.2. The van der Waals surface area contributed by atoms with Crippen molar-refractivity contribution in [1.82, 2.24) is 34.6 Å². The Morgan fingerprint density at radius 1 is 1.00 bits per heavy atom. The molecule has 14 heteroatoms. The van der Waals surface area contributed by atoms with E-state index in [9.17, 15) is 9.59 Å². The second-order valence-corrected chi connectivity index (χ2v) is 11.1. The lowest BCUT2D eigenvalue weighted by Gasteiger charge is -2.36. The van der Waals surface area contributed by atoms with Crippen molar-refractivity contribution in [2.45, 2.75) is 40.2 Å². The highest BCUT2D eigenvalue weighted by atomic mass is 16.6. The Hall–Kier alpha value is -5.01. The monoisotopic (exact) mass is 588 g/mol. The molecule has 4 aromatic heterocycles. The van der Waals surface area contributed by atoms with Crippen molar-refractivity contribution in [2.75, 3.05) is 48.3 Å². The summed E-state index contributed by atoms with van der Waals surface area (Å²) in [5.41, 5.74) is 2.50. The Balaban J connectivity index is 1.24. The highest BCUT2D eigenvalue weighted by Gasteiger charge is 2.26. The van der Waals surface area contributed by atoms with Gasteiger partial charge >= 0.3 is 12.1 Å².